The van der Waals surface area contributed by atoms with Gasteiger partial charge in [-0.2, -0.15) is 4.98 Å². The van der Waals surface area contributed by atoms with Gasteiger partial charge in [0, 0.05) is 11.8 Å². The molecule has 2 rings (SSSR count). The molecular weight excluding hydrogens is 230 g/mol. The van der Waals surface area contributed by atoms with Gasteiger partial charge in [-0.3, -0.25) is 0 Å². The third kappa shape index (κ3) is 2.68. The van der Waals surface area contributed by atoms with E-state index in [4.69, 9.17) is 15.2 Å². The van der Waals surface area contributed by atoms with Gasteiger partial charge in [-0.05, 0) is 31.5 Å². The molecular formula is C13H15N3O2. The Balaban J connectivity index is 2.33. The molecule has 0 spiro atoms. The van der Waals surface area contributed by atoms with Crippen molar-refractivity contribution in [3.8, 4) is 17.4 Å². The Morgan fingerprint density at radius 1 is 1.06 bits per heavy atom. The molecule has 2 N–H and O–H groups in total. The highest BCUT2D eigenvalue weighted by Gasteiger charge is 2.08. The SMILES string of the molecule is COc1cc(C)ccc1Oc1cc(C)nc(N)n1. The monoisotopic (exact) mass is 245 g/mol. The van der Waals surface area contributed by atoms with Crippen LogP contribution in [-0.4, -0.2) is 17.1 Å². The molecule has 5 heteroatoms. The first-order valence-electron chi connectivity index (χ1n) is 5.52. The number of hydrogen-bond acceptors (Lipinski definition) is 5. The third-order valence-electron chi connectivity index (χ3n) is 2.38. The molecule has 0 saturated carbocycles. The van der Waals surface area contributed by atoms with Crippen molar-refractivity contribution in [1.82, 2.24) is 9.97 Å². The van der Waals surface area contributed by atoms with Crippen molar-refractivity contribution in [2.24, 2.45) is 0 Å². The maximum Gasteiger partial charge on any atom is 0.224 e. The number of rotatable bonds is 3. The van der Waals surface area contributed by atoms with Gasteiger partial charge >= 0.3 is 0 Å². The maximum absolute atomic E-state index is 5.66. The van der Waals surface area contributed by atoms with Crippen LogP contribution in [0.2, 0.25) is 0 Å². The Bertz CT molecular complexity index is 550. The molecule has 94 valence electrons. The lowest BCUT2D eigenvalue weighted by Gasteiger charge is -2.10. The zero-order chi connectivity index (χ0) is 13.1. The Hall–Kier alpha value is -2.30. The number of nitrogens with two attached hydrogens (primary N) is 1. The molecule has 18 heavy (non-hydrogen) atoms. The van der Waals surface area contributed by atoms with E-state index < -0.39 is 0 Å². The molecule has 0 saturated heterocycles. The summed E-state index contributed by atoms with van der Waals surface area (Å²) < 4.78 is 10.9. The molecule has 1 aromatic carbocycles. The standard InChI is InChI=1S/C13H15N3O2/c1-8-4-5-10(11(6-8)17-3)18-12-7-9(2)15-13(14)16-12/h4-7H,1-3H3,(H2,14,15,16). The molecule has 0 radical (unpaired) electrons. The summed E-state index contributed by atoms with van der Waals surface area (Å²) in [7, 11) is 1.60. The van der Waals surface area contributed by atoms with Gasteiger partial charge in [0.15, 0.2) is 11.5 Å². The highest BCUT2D eigenvalue weighted by molar-refractivity contribution is 5.44. The normalized spacial score (nSPS) is 10.2. The van der Waals surface area contributed by atoms with Crippen molar-refractivity contribution >= 4 is 5.95 Å². The molecule has 0 unspecified atom stereocenters. The number of aromatic nitrogens is 2. The number of ether oxygens (including phenoxy) is 2. The summed E-state index contributed by atoms with van der Waals surface area (Å²) >= 11 is 0. The summed E-state index contributed by atoms with van der Waals surface area (Å²) in [4.78, 5) is 8.00. The van der Waals surface area contributed by atoms with Crippen LogP contribution < -0.4 is 15.2 Å². The Morgan fingerprint density at radius 2 is 1.83 bits per heavy atom. The van der Waals surface area contributed by atoms with Gasteiger partial charge in [-0.1, -0.05) is 6.07 Å². The topological polar surface area (TPSA) is 70.3 Å². The van der Waals surface area contributed by atoms with Crippen LogP contribution in [0, 0.1) is 13.8 Å². The molecule has 1 heterocycles. The first kappa shape index (κ1) is 12.2. The van der Waals surface area contributed by atoms with Crippen molar-refractivity contribution in [2.45, 2.75) is 13.8 Å². The minimum atomic E-state index is 0.191. The van der Waals surface area contributed by atoms with Gasteiger partial charge in [0.2, 0.25) is 11.8 Å². The number of hydrogen-bond donors (Lipinski definition) is 1. The van der Waals surface area contributed by atoms with E-state index in [0.717, 1.165) is 11.3 Å². The quantitative estimate of drug-likeness (QED) is 0.899. The van der Waals surface area contributed by atoms with E-state index in [1.54, 1.807) is 13.2 Å². The lowest BCUT2D eigenvalue weighted by molar-refractivity contribution is 0.373. The molecule has 0 atom stereocenters. The van der Waals surface area contributed by atoms with E-state index in [1.807, 2.05) is 32.0 Å². The van der Waals surface area contributed by atoms with Gasteiger partial charge < -0.3 is 15.2 Å². The predicted octanol–water partition coefficient (Wildman–Crippen LogP) is 2.48. The minimum Gasteiger partial charge on any atom is -0.493 e. The molecule has 0 aliphatic rings. The van der Waals surface area contributed by atoms with Crippen LogP contribution in [0.4, 0.5) is 5.95 Å². The van der Waals surface area contributed by atoms with E-state index in [1.165, 1.54) is 0 Å². The van der Waals surface area contributed by atoms with Crippen LogP contribution in [0.15, 0.2) is 24.3 Å². The lowest BCUT2D eigenvalue weighted by atomic mass is 10.2. The Kier molecular flexibility index (Phi) is 3.32. The zero-order valence-corrected chi connectivity index (χ0v) is 10.6. The van der Waals surface area contributed by atoms with Crippen molar-refractivity contribution in [2.75, 3.05) is 12.8 Å². The smallest absolute Gasteiger partial charge is 0.224 e. The van der Waals surface area contributed by atoms with Crippen LogP contribution >= 0.6 is 0 Å². The summed E-state index contributed by atoms with van der Waals surface area (Å²) in [5.74, 6) is 1.85. The van der Waals surface area contributed by atoms with Gasteiger partial charge in [0.05, 0.1) is 7.11 Å². The lowest BCUT2D eigenvalue weighted by Crippen LogP contribution is -1.99. The highest BCUT2D eigenvalue weighted by Crippen LogP contribution is 2.31. The fraction of sp³-hybridized carbons (Fsp3) is 0.231. The molecule has 0 bridgehead atoms. The summed E-state index contributed by atoms with van der Waals surface area (Å²) in [6.45, 7) is 3.82. The largest absolute Gasteiger partial charge is 0.493 e. The second kappa shape index (κ2) is 4.91. The Morgan fingerprint density at radius 3 is 2.50 bits per heavy atom. The number of aryl methyl sites for hydroxylation is 2. The number of benzene rings is 1. The van der Waals surface area contributed by atoms with Crippen LogP contribution in [0.1, 0.15) is 11.3 Å². The van der Waals surface area contributed by atoms with E-state index >= 15 is 0 Å². The van der Waals surface area contributed by atoms with E-state index in [9.17, 15) is 0 Å². The second-order valence-corrected chi connectivity index (χ2v) is 3.96. The molecule has 0 aliphatic carbocycles. The number of nitrogens with zero attached hydrogens (tertiary/aromatic N) is 2. The fourth-order valence-electron chi connectivity index (χ4n) is 1.59. The molecule has 5 nitrogen and oxygen atoms in total. The van der Waals surface area contributed by atoms with Gasteiger partial charge in [-0.15, -0.1) is 0 Å². The first-order valence-corrected chi connectivity index (χ1v) is 5.52. The van der Waals surface area contributed by atoms with Crippen LogP contribution in [0.5, 0.6) is 17.4 Å². The average Bonchev–Trinajstić information content (AvgIpc) is 2.30. The summed E-state index contributed by atoms with van der Waals surface area (Å²) in [5, 5.41) is 0. The average molecular weight is 245 g/mol. The van der Waals surface area contributed by atoms with Crippen molar-refractivity contribution in [3.63, 3.8) is 0 Å². The fourth-order valence-corrected chi connectivity index (χ4v) is 1.59. The molecule has 0 aliphatic heterocycles. The van der Waals surface area contributed by atoms with E-state index in [0.29, 0.717) is 17.4 Å². The molecule has 1 aromatic heterocycles. The second-order valence-electron chi connectivity index (χ2n) is 3.96. The molecule has 0 fully saturated rings. The van der Waals surface area contributed by atoms with E-state index in [-0.39, 0.29) is 5.95 Å². The Labute approximate surface area is 106 Å². The van der Waals surface area contributed by atoms with E-state index in [2.05, 4.69) is 9.97 Å². The number of anilines is 1. The van der Waals surface area contributed by atoms with Crippen LogP contribution in [0.3, 0.4) is 0 Å². The highest BCUT2D eigenvalue weighted by atomic mass is 16.5. The van der Waals surface area contributed by atoms with Crippen molar-refractivity contribution in [1.29, 1.82) is 0 Å². The van der Waals surface area contributed by atoms with Crippen LogP contribution in [0.25, 0.3) is 0 Å². The maximum atomic E-state index is 5.66. The molecule has 2 aromatic rings. The summed E-state index contributed by atoms with van der Waals surface area (Å²) in [6, 6.07) is 7.39. The molecule has 0 amide bonds. The van der Waals surface area contributed by atoms with Gasteiger partial charge in [0.25, 0.3) is 0 Å². The third-order valence-corrected chi connectivity index (χ3v) is 2.38. The predicted molar refractivity (Wildman–Crippen MR) is 69.0 cm³/mol. The summed E-state index contributed by atoms with van der Waals surface area (Å²) in [5.41, 5.74) is 7.42. The summed E-state index contributed by atoms with van der Waals surface area (Å²) in [6.07, 6.45) is 0. The van der Waals surface area contributed by atoms with Crippen molar-refractivity contribution in [3.05, 3.63) is 35.5 Å². The first-order chi connectivity index (χ1) is 8.58. The van der Waals surface area contributed by atoms with Gasteiger partial charge in [0.1, 0.15) is 0 Å². The number of nitrogen functional groups attached to an aromatic ring is 1. The zero-order valence-electron chi connectivity index (χ0n) is 10.6. The van der Waals surface area contributed by atoms with Crippen LogP contribution in [-0.2, 0) is 0 Å². The number of methoxy groups -OCH3 is 1. The van der Waals surface area contributed by atoms with Crippen molar-refractivity contribution < 1.29 is 9.47 Å². The van der Waals surface area contributed by atoms with Gasteiger partial charge in [-0.25, -0.2) is 4.98 Å². The minimum absolute atomic E-state index is 0.191.